The van der Waals surface area contributed by atoms with Crippen molar-refractivity contribution < 1.29 is 22.3 Å². The number of rotatable bonds is 8. The summed E-state index contributed by atoms with van der Waals surface area (Å²) in [5.41, 5.74) is 1.14. The van der Waals surface area contributed by atoms with Crippen LogP contribution in [0.15, 0.2) is 53.4 Å². The molecule has 1 spiro atoms. The van der Waals surface area contributed by atoms with Crippen LogP contribution in [0.5, 0.6) is 5.75 Å². The number of carbonyl (C=O) groups is 1. The Hall–Kier alpha value is -2.25. The van der Waals surface area contributed by atoms with Crippen LogP contribution in [0, 0.1) is 17.2 Å². The van der Waals surface area contributed by atoms with Gasteiger partial charge in [-0.15, -0.1) is 0 Å². The fourth-order valence-corrected chi connectivity index (χ4v) is 6.85. The number of methoxy groups -OCH3 is 1. The fraction of sp³-hybridized carbons (Fsp3) is 0.500. The number of aryl methyl sites for hydroxylation is 1. The number of hydrogen-bond acceptors (Lipinski definition) is 4. The van der Waals surface area contributed by atoms with Crippen LogP contribution in [0.3, 0.4) is 0 Å². The Balaban J connectivity index is 1.26. The minimum atomic E-state index is -3.50. The molecular weight excluding hydrogens is 441 g/mol. The van der Waals surface area contributed by atoms with Crippen molar-refractivity contribution in [1.29, 1.82) is 0 Å². The Kier molecular flexibility index (Phi) is 7.19. The lowest BCUT2D eigenvalue weighted by molar-refractivity contribution is -0.120. The predicted molar refractivity (Wildman–Crippen MR) is 125 cm³/mol. The van der Waals surface area contributed by atoms with Gasteiger partial charge < -0.3 is 4.74 Å². The highest BCUT2D eigenvalue weighted by molar-refractivity contribution is 7.89. The van der Waals surface area contributed by atoms with Crippen LogP contribution in [0.25, 0.3) is 0 Å². The van der Waals surface area contributed by atoms with E-state index in [1.807, 2.05) is 0 Å². The first kappa shape index (κ1) is 23.9. The van der Waals surface area contributed by atoms with Gasteiger partial charge in [-0.25, -0.2) is 12.8 Å². The molecule has 1 aliphatic heterocycles. The molecule has 0 aromatic heterocycles. The Morgan fingerprint density at radius 3 is 2.36 bits per heavy atom. The first-order valence-corrected chi connectivity index (χ1v) is 13.1. The zero-order chi connectivity index (χ0) is 23.5. The van der Waals surface area contributed by atoms with Crippen molar-refractivity contribution in [3.8, 4) is 5.75 Å². The van der Waals surface area contributed by atoms with Gasteiger partial charge in [0.05, 0.1) is 12.0 Å². The second kappa shape index (κ2) is 9.94. The minimum Gasteiger partial charge on any atom is -0.497 e. The van der Waals surface area contributed by atoms with Gasteiger partial charge in [0, 0.05) is 25.9 Å². The van der Waals surface area contributed by atoms with Gasteiger partial charge in [0.1, 0.15) is 17.3 Å². The Morgan fingerprint density at radius 2 is 1.73 bits per heavy atom. The summed E-state index contributed by atoms with van der Waals surface area (Å²) >= 11 is 0. The molecule has 1 heterocycles. The predicted octanol–water partition coefficient (Wildman–Crippen LogP) is 5.00. The van der Waals surface area contributed by atoms with Gasteiger partial charge in [0.25, 0.3) is 0 Å². The average molecular weight is 474 g/mol. The molecule has 2 aliphatic rings. The zero-order valence-corrected chi connectivity index (χ0v) is 20.0. The number of sulfonamides is 1. The molecule has 0 bridgehead atoms. The number of benzene rings is 2. The summed E-state index contributed by atoms with van der Waals surface area (Å²) < 4.78 is 45.8. The van der Waals surface area contributed by atoms with Crippen molar-refractivity contribution in [3.05, 3.63) is 59.9 Å². The molecule has 5 nitrogen and oxygen atoms in total. The van der Waals surface area contributed by atoms with Crippen molar-refractivity contribution in [1.82, 2.24) is 4.31 Å². The van der Waals surface area contributed by atoms with Crippen molar-refractivity contribution in [2.24, 2.45) is 11.3 Å². The monoisotopic (exact) mass is 473 g/mol. The molecule has 178 valence electrons. The van der Waals surface area contributed by atoms with E-state index >= 15 is 0 Å². The topological polar surface area (TPSA) is 63.7 Å². The lowest BCUT2D eigenvalue weighted by atomic mass is 9.76. The average Bonchev–Trinajstić information content (AvgIpc) is 3.20. The summed E-state index contributed by atoms with van der Waals surface area (Å²) in [6.45, 7) is 1.05. The van der Waals surface area contributed by atoms with E-state index < -0.39 is 10.0 Å². The highest BCUT2D eigenvalue weighted by Crippen LogP contribution is 2.50. The highest BCUT2D eigenvalue weighted by Gasteiger charge is 2.43. The number of nitrogens with zero attached hydrogens (tertiary/aromatic N) is 1. The van der Waals surface area contributed by atoms with Gasteiger partial charge in [-0.1, -0.05) is 12.1 Å². The molecule has 0 amide bonds. The molecule has 1 saturated carbocycles. The highest BCUT2D eigenvalue weighted by atomic mass is 32.2. The molecule has 0 N–H and O–H groups in total. The Labute approximate surface area is 196 Å². The molecule has 4 rings (SSSR count). The first-order valence-electron chi connectivity index (χ1n) is 11.7. The summed E-state index contributed by atoms with van der Waals surface area (Å²) in [5, 5.41) is 0. The molecule has 7 heteroatoms. The standard InChI is InChI=1S/C26H32FNO4S/c1-32-24-8-10-25(11-9-24)33(30,31)28-16-14-26(15-17-28)13-12-21(19-26)18-23(29)7-4-20-2-5-22(27)6-3-20/h2-3,5-6,8-11,21H,4,7,12-19H2,1H3. The van der Waals surface area contributed by atoms with Gasteiger partial charge in [-0.05, 0) is 91.8 Å². The van der Waals surface area contributed by atoms with Crippen LogP contribution in [0.1, 0.15) is 50.5 Å². The Morgan fingerprint density at radius 1 is 1.06 bits per heavy atom. The summed E-state index contributed by atoms with van der Waals surface area (Å²) in [6.07, 6.45) is 6.54. The summed E-state index contributed by atoms with van der Waals surface area (Å²) in [7, 11) is -1.94. The van der Waals surface area contributed by atoms with Crippen molar-refractivity contribution in [2.45, 2.75) is 56.3 Å². The first-order chi connectivity index (χ1) is 15.8. The number of halogens is 1. The molecule has 33 heavy (non-hydrogen) atoms. The number of hydrogen-bond donors (Lipinski definition) is 0. The molecule has 1 atom stereocenters. The second-order valence-electron chi connectivity index (χ2n) is 9.56. The van der Waals surface area contributed by atoms with Gasteiger partial charge in [-0.2, -0.15) is 4.31 Å². The second-order valence-corrected chi connectivity index (χ2v) is 11.5. The van der Waals surface area contributed by atoms with E-state index in [9.17, 15) is 17.6 Å². The third-order valence-electron chi connectivity index (χ3n) is 7.41. The molecule has 1 aliphatic carbocycles. The summed E-state index contributed by atoms with van der Waals surface area (Å²) in [6, 6.07) is 12.9. The maximum Gasteiger partial charge on any atom is 0.243 e. The molecular formula is C26H32FNO4S. The maximum absolute atomic E-state index is 13.0. The van der Waals surface area contributed by atoms with E-state index in [-0.39, 0.29) is 17.0 Å². The van der Waals surface area contributed by atoms with E-state index in [0.717, 1.165) is 37.7 Å². The molecule has 2 aromatic rings. The molecule has 1 saturated heterocycles. The molecule has 2 aromatic carbocycles. The van der Waals surface area contributed by atoms with Crippen molar-refractivity contribution in [2.75, 3.05) is 20.2 Å². The van der Waals surface area contributed by atoms with Gasteiger partial charge in [-0.3, -0.25) is 4.79 Å². The van der Waals surface area contributed by atoms with E-state index in [1.54, 1.807) is 47.8 Å². The number of carbonyl (C=O) groups excluding carboxylic acids is 1. The lowest BCUT2D eigenvalue weighted by Crippen LogP contribution is -2.42. The van der Waals surface area contributed by atoms with E-state index in [1.165, 1.54) is 12.1 Å². The third kappa shape index (κ3) is 5.64. The van der Waals surface area contributed by atoms with E-state index in [4.69, 9.17) is 4.74 Å². The van der Waals surface area contributed by atoms with Crippen LogP contribution >= 0.6 is 0 Å². The SMILES string of the molecule is COc1ccc(S(=O)(=O)N2CCC3(CCC(CC(=O)CCc4ccc(F)cc4)C3)CC2)cc1. The molecule has 1 unspecified atom stereocenters. The largest absolute Gasteiger partial charge is 0.497 e. The lowest BCUT2D eigenvalue weighted by Gasteiger charge is -2.39. The number of piperidine rings is 1. The number of ketones is 1. The zero-order valence-electron chi connectivity index (χ0n) is 19.1. The molecule has 0 radical (unpaired) electrons. The maximum atomic E-state index is 13.0. The molecule has 2 fully saturated rings. The fourth-order valence-electron chi connectivity index (χ4n) is 5.41. The minimum absolute atomic E-state index is 0.161. The van der Waals surface area contributed by atoms with Crippen molar-refractivity contribution >= 4 is 15.8 Å². The van der Waals surface area contributed by atoms with Crippen LogP contribution in [0.4, 0.5) is 4.39 Å². The smallest absolute Gasteiger partial charge is 0.243 e. The van der Waals surface area contributed by atoms with Crippen molar-refractivity contribution in [3.63, 3.8) is 0 Å². The van der Waals surface area contributed by atoms with Crippen LogP contribution < -0.4 is 4.74 Å². The van der Waals surface area contributed by atoms with Gasteiger partial charge in [0.15, 0.2) is 0 Å². The van der Waals surface area contributed by atoms with Gasteiger partial charge >= 0.3 is 0 Å². The normalized spacial score (nSPS) is 20.7. The quantitative estimate of drug-likeness (QED) is 0.541. The Bertz CT molecular complexity index is 1060. The third-order valence-corrected chi connectivity index (χ3v) is 9.32. The summed E-state index contributed by atoms with van der Waals surface area (Å²) in [5.74, 6) is 1.02. The van der Waals surface area contributed by atoms with E-state index in [2.05, 4.69) is 0 Å². The van der Waals surface area contributed by atoms with Crippen LogP contribution in [-0.4, -0.2) is 38.7 Å². The number of ether oxygens (including phenoxy) is 1. The van der Waals surface area contributed by atoms with Crippen LogP contribution in [0.2, 0.25) is 0 Å². The number of Topliss-reactive ketones (excluding diaryl/α,β-unsaturated/α-hetero) is 1. The summed E-state index contributed by atoms with van der Waals surface area (Å²) in [4.78, 5) is 12.8. The van der Waals surface area contributed by atoms with Crippen LogP contribution in [-0.2, 0) is 21.2 Å². The van der Waals surface area contributed by atoms with Gasteiger partial charge in [0.2, 0.25) is 10.0 Å². The van der Waals surface area contributed by atoms with E-state index in [0.29, 0.717) is 48.9 Å².